The van der Waals surface area contributed by atoms with Gasteiger partial charge < -0.3 is 9.47 Å². The number of fused-ring (bicyclic) bond motifs is 1. The molecule has 0 spiro atoms. The zero-order valence-electron chi connectivity index (χ0n) is 16.9. The summed E-state index contributed by atoms with van der Waals surface area (Å²) in [7, 11) is 0. The molecule has 0 atom stereocenters. The van der Waals surface area contributed by atoms with Crippen LogP contribution in [0.4, 0.5) is 4.79 Å². The van der Waals surface area contributed by atoms with Gasteiger partial charge in [-0.3, -0.25) is 4.79 Å². The first-order valence-electron chi connectivity index (χ1n) is 9.31. The minimum Gasteiger partial charge on any atom is -0.490 e. The largest absolute Gasteiger partial charge is 0.490 e. The maximum atomic E-state index is 12.9. The number of nitrogens with zero attached hydrogens (tertiary/aromatic N) is 1. The van der Waals surface area contributed by atoms with Crippen LogP contribution < -0.4 is 4.74 Å². The SMILES string of the molecule is CC(C)Oc1ccccc1-c1c(C=O)n(C(=O)OC(C)(C)C)c2ccccc12. The topological polar surface area (TPSA) is 57.5 Å². The van der Waals surface area contributed by atoms with Crippen LogP contribution in [-0.2, 0) is 4.74 Å². The number of carbonyl (C=O) groups excluding carboxylic acids is 2. The third kappa shape index (κ3) is 3.79. The fourth-order valence-corrected chi connectivity index (χ4v) is 3.19. The summed E-state index contributed by atoms with van der Waals surface area (Å²) in [4.78, 5) is 25.0. The van der Waals surface area contributed by atoms with Gasteiger partial charge in [0.25, 0.3) is 0 Å². The molecule has 3 aromatic rings. The molecular weight excluding hydrogens is 354 g/mol. The monoisotopic (exact) mass is 379 g/mol. The second-order valence-electron chi connectivity index (χ2n) is 7.87. The lowest BCUT2D eigenvalue weighted by Crippen LogP contribution is -2.28. The van der Waals surface area contributed by atoms with Gasteiger partial charge in [-0.15, -0.1) is 0 Å². The van der Waals surface area contributed by atoms with Crippen LogP contribution in [0.3, 0.4) is 0 Å². The number of para-hydroxylation sites is 2. The van der Waals surface area contributed by atoms with Gasteiger partial charge in [0.2, 0.25) is 0 Å². The van der Waals surface area contributed by atoms with Crippen LogP contribution in [0.15, 0.2) is 48.5 Å². The van der Waals surface area contributed by atoms with E-state index in [1.807, 2.05) is 62.4 Å². The van der Waals surface area contributed by atoms with Crippen molar-refractivity contribution in [2.75, 3.05) is 0 Å². The van der Waals surface area contributed by atoms with E-state index in [2.05, 4.69) is 0 Å². The normalized spacial score (nSPS) is 11.6. The van der Waals surface area contributed by atoms with E-state index in [0.717, 1.165) is 10.9 Å². The third-order valence-electron chi connectivity index (χ3n) is 4.12. The van der Waals surface area contributed by atoms with Crippen LogP contribution in [0, 0.1) is 0 Å². The van der Waals surface area contributed by atoms with Crippen molar-refractivity contribution in [3.05, 3.63) is 54.2 Å². The summed E-state index contributed by atoms with van der Waals surface area (Å²) in [6.07, 6.45) is 0.0881. The lowest BCUT2D eigenvalue weighted by Gasteiger charge is -2.20. The van der Waals surface area contributed by atoms with E-state index in [-0.39, 0.29) is 11.8 Å². The van der Waals surface area contributed by atoms with Gasteiger partial charge >= 0.3 is 6.09 Å². The highest BCUT2D eigenvalue weighted by Gasteiger charge is 2.27. The van der Waals surface area contributed by atoms with Gasteiger partial charge in [-0.2, -0.15) is 0 Å². The molecule has 0 radical (unpaired) electrons. The highest BCUT2D eigenvalue weighted by molar-refractivity contribution is 6.09. The van der Waals surface area contributed by atoms with E-state index in [9.17, 15) is 9.59 Å². The highest BCUT2D eigenvalue weighted by Crippen LogP contribution is 2.39. The van der Waals surface area contributed by atoms with E-state index < -0.39 is 11.7 Å². The Kier molecular flexibility index (Phi) is 5.27. The molecule has 0 saturated carbocycles. The Morgan fingerprint density at radius 3 is 2.32 bits per heavy atom. The van der Waals surface area contributed by atoms with Crippen molar-refractivity contribution in [2.24, 2.45) is 0 Å². The standard InChI is InChI=1S/C23H25NO4/c1-15(2)27-20-13-9-7-11-17(20)21-16-10-6-8-12-18(16)24(19(21)14-25)22(26)28-23(3,4)5/h6-15H,1-5H3. The van der Waals surface area contributed by atoms with Gasteiger partial charge in [-0.25, -0.2) is 9.36 Å². The highest BCUT2D eigenvalue weighted by atomic mass is 16.6. The summed E-state index contributed by atoms with van der Waals surface area (Å²) in [5.74, 6) is 0.660. The van der Waals surface area contributed by atoms with Gasteiger partial charge in [-0.1, -0.05) is 36.4 Å². The summed E-state index contributed by atoms with van der Waals surface area (Å²) in [5, 5.41) is 0.787. The van der Waals surface area contributed by atoms with Gasteiger partial charge in [0.15, 0.2) is 6.29 Å². The van der Waals surface area contributed by atoms with Crippen molar-refractivity contribution in [1.29, 1.82) is 0 Å². The molecule has 0 N–H and O–H groups in total. The number of ether oxygens (including phenoxy) is 2. The molecule has 146 valence electrons. The van der Waals surface area contributed by atoms with E-state index in [1.54, 1.807) is 20.8 Å². The van der Waals surface area contributed by atoms with Crippen molar-refractivity contribution < 1.29 is 19.1 Å². The molecule has 28 heavy (non-hydrogen) atoms. The van der Waals surface area contributed by atoms with Crippen LogP contribution >= 0.6 is 0 Å². The average molecular weight is 379 g/mol. The number of aldehydes is 1. The molecule has 0 fully saturated rings. The third-order valence-corrected chi connectivity index (χ3v) is 4.12. The molecule has 0 saturated heterocycles. The predicted molar refractivity (Wildman–Crippen MR) is 110 cm³/mol. The maximum Gasteiger partial charge on any atom is 0.419 e. The fourth-order valence-electron chi connectivity index (χ4n) is 3.19. The molecule has 3 rings (SSSR count). The van der Waals surface area contributed by atoms with E-state index in [4.69, 9.17) is 9.47 Å². The van der Waals surface area contributed by atoms with Crippen molar-refractivity contribution >= 4 is 23.3 Å². The molecule has 1 heterocycles. The summed E-state index contributed by atoms with van der Waals surface area (Å²) in [6.45, 7) is 9.28. The first-order valence-corrected chi connectivity index (χ1v) is 9.31. The van der Waals surface area contributed by atoms with Crippen molar-refractivity contribution in [1.82, 2.24) is 4.57 Å². The molecule has 1 aromatic heterocycles. The van der Waals surface area contributed by atoms with Crippen LogP contribution in [0.1, 0.15) is 45.1 Å². The first kappa shape index (κ1) is 19.7. The Labute approximate surface area is 164 Å². The van der Waals surface area contributed by atoms with Crippen LogP contribution in [-0.4, -0.2) is 28.7 Å². The minimum atomic E-state index is -0.679. The molecule has 0 aliphatic carbocycles. The van der Waals surface area contributed by atoms with E-state index in [1.165, 1.54) is 4.57 Å². The van der Waals surface area contributed by atoms with Gasteiger partial charge in [-0.05, 0) is 46.8 Å². The number of aromatic nitrogens is 1. The quantitative estimate of drug-likeness (QED) is 0.546. The van der Waals surface area contributed by atoms with E-state index in [0.29, 0.717) is 23.1 Å². The minimum absolute atomic E-state index is 0.0277. The Bertz CT molecular complexity index is 1020. The number of benzene rings is 2. The molecule has 0 aliphatic rings. The zero-order valence-corrected chi connectivity index (χ0v) is 16.9. The molecule has 0 aliphatic heterocycles. The summed E-state index contributed by atoms with van der Waals surface area (Å²) in [5.41, 5.74) is 1.61. The van der Waals surface area contributed by atoms with Crippen molar-refractivity contribution in [3.63, 3.8) is 0 Å². The number of hydrogen-bond acceptors (Lipinski definition) is 4. The molecule has 0 bridgehead atoms. The van der Waals surface area contributed by atoms with Gasteiger partial charge in [0, 0.05) is 16.5 Å². The van der Waals surface area contributed by atoms with Crippen LogP contribution in [0.2, 0.25) is 0 Å². The predicted octanol–water partition coefficient (Wildman–Crippen LogP) is 5.69. The molecular formula is C23H25NO4. The summed E-state index contributed by atoms with van der Waals surface area (Å²) in [6, 6.07) is 14.9. The fraction of sp³-hybridized carbons (Fsp3) is 0.304. The lowest BCUT2D eigenvalue weighted by molar-refractivity contribution is 0.0539. The van der Waals surface area contributed by atoms with Crippen molar-refractivity contribution in [2.45, 2.75) is 46.3 Å². The first-order chi connectivity index (χ1) is 13.2. The van der Waals surface area contributed by atoms with Crippen LogP contribution in [0.25, 0.3) is 22.0 Å². The number of hydrogen-bond donors (Lipinski definition) is 0. The molecule has 5 heteroatoms. The average Bonchev–Trinajstić information content (AvgIpc) is 2.94. The number of rotatable bonds is 4. The second kappa shape index (κ2) is 7.50. The maximum absolute atomic E-state index is 12.9. The van der Waals surface area contributed by atoms with E-state index >= 15 is 0 Å². The zero-order chi connectivity index (χ0) is 20.5. The second-order valence-corrected chi connectivity index (χ2v) is 7.87. The summed E-state index contributed by atoms with van der Waals surface area (Å²) < 4.78 is 12.9. The molecule has 0 amide bonds. The lowest BCUT2D eigenvalue weighted by atomic mass is 10.0. The summed E-state index contributed by atoms with van der Waals surface area (Å²) >= 11 is 0. The Morgan fingerprint density at radius 2 is 1.68 bits per heavy atom. The number of carbonyl (C=O) groups is 2. The Morgan fingerprint density at radius 1 is 1.04 bits per heavy atom. The van der Waals surface area contributed by atoms with Gasteiger partial charge in [0.1, 0.15) is 17.0 Å². The molecule has 2 aromatic carbocycles. The molecule has 0 unspecified atom stereocenters. The van der Waals surface area contributed by atoms with Crippen molar-refractivity contribution in [3.8, 4) is 16.9 Å². The smallest absolute Gasteiger partial charge is 0.419 e. The van der Waals surface area contributed by atoms with Crippen LogP contribution in [0.5, 0.6) is 5.75 Å². The Balaban J connectivity index is 2.31. The molecule has 5 nitrogen and oxygen atoms in total. The Hall–Kier alpha value is -3.08. The van der Waals surface area contributed by atoms with Gasteiger partial charge in [0.05, 0.1) is 11.6 Å².